The standard InChI is InChI=1S/C35H24N2O/c1-4-11-24(12-5-1)27-19-22-32-29(23-27)34-28(17-10-18-33(34)38-32)31-21-20-30(25-13-6-2-7-14-25)36-35(37-31)26-15-8-3-9-16-26/h1-19,21-23H,20H2. The molecule has 1 aliphatic heterocycles. The number of rotatable bonds is 4. The number of benzene rings is 5. The molecule has 180 valence electrons. The summed E-state index contributed by atoms with van der Waals surface area (Å²) in [4.78, 5) is 10.2. The van der Waals surface area contributed by atoms with E-state index in [0.29, 0.717) is 12.3 Å². The van der Waals surface area contributed by atoms with Gasteiger partial charge in [0.05, 0.1) is 11.4 Å². The van der Waals surface area contributed by atoms with E-state index >= 15 is 0 Å². The molecule has 38 heavy (non-hydrogen) atoms. The fraction of sp³-hybridized carbons (Fsp3) is 0.0286. The van der Waals surface area contributed by atoms with Crippen LogP contribution in [0.15, 0.2) is 148 Å². The molecule has 0 fully saturated rings. The van der Waals surface area contributed by atoms with E-state index in [1.54, 1.807) is 0 Å². The van der Waals surface area contributed by atoms with E-state index in [1.807, 2.05) is 42.5 Å². The highest BCUT2D eigenvalue weighted by molar-refractivity contribution is 6.17. The number of aliphatic imine (C=N–C) groups is 2. The zero-order valence-corrected chi connectivity index (χ0v) is 20.7. The van der Waals surface area contributed by atoms with Crippen LogP contribution in [0.5, 0.6) is 0 Å². The highest BCUT2D eigenvalue weighted by Crippen LogP contribution is 2.38. The molecule has 0 N–H and O–H groups in total. The highest BCUT2D eigenvalue weighted by atomic mass is 16.3. The van der Waals surface area contributed by atoms with E-state index in [1.165, 1.54) is 5.56 Å². The lowest BCUT2D eigenvalue weighted by Crippen LogP contribution is -2.04. The van der Waals surface area contributed by atoms with Crippen molar-refractivity contribution in [2.75, 3.05) is 0 Å². The van der Waals surface area contributed by atoms with E-state index < -0.39 is 0 Å². The molecule has 5 aromatic carbocycles. The zero-order chi connectivity index (χ0) is 25.3. The molecule has 2 heterocycles. The van der Waals surface area contributed by atoms with Gasteiger partial charge in [-0.25, -0.2) is 9.98 Å². The molecule has 0 unspecified atom stereocenters. The van der Waals surface area contributed by atoms with Gasteiger partial charge in [0.25, 0.3) is 0 Å². The highest BCUT2D eigenvalue weighted by Gasteiger charge is 2.18. The maximum atomic E-state index is 6.30. The average Bonchev–Trinajstić information content (AvgIpc) is 3.22. The van der Waals surface area contributed by atoms with Crippen LogP contribution in [0, 0.1) is 0 Å². The van der Waals surface area contributed by atoms with Gasteiger partial charge in [0, 0.05) is 28.3 Å². The molecule has 0 saturated heterocycles. The van der Waals surface area contributed by atoms with Crippen molar-refractivity contribution < 1.29 is 4.42 Å². The van der Waals surface area contributed by atoms with Gasteiger partial charge in [0.1, 0.15) is 11.2 Å². The lowest BCUT2D eigenvalue weighted by Gasteiger charge is -2.07. The smallest absolute Gasteiger partial charge is 0.160 e. The topological polar surface area (TPSA) is 37.9 Å². The van der Waals surface area contributed by atoms with Crippen LogP contribution in [-0.4, -0.2) is 11.5 Å². The predicted octanol–water partition coefficient (Wildman–Crippen LogP) is 8.93. The first-order valence-electron chi connectivity index (χ1n) is 12.8. The van der Waals surface area contributed by atoms with Gasteiger partial charge in [-0.1, -0.05) is 115 Å². The van der Waals surface area contributed by atoms with E-state index in [2.05, 4.69) is 91.0 Å². The van der Waals surface area contributed by atoms with E-state index in [4.69, 9.17) is 14.4 Å². The molecule has 3 nitrogen and oxygen atoms in total. The minimum absolute atomic E-state index is 0.681. The fourth-order valence-corrected chi connectivity index (χ4v) is 5.10. The van der Waals surface area contributed by atoms with Crippen molar-refractivity contribution in [1.82, 2.24) is 0 Å². The number of allylic oxidation sites excluding steroid dienone is 1. The Bertz CT molecular complexity index is 1860. The Labute approximate surface area is 221 Å². The molecule has 0 aliphatic carbocycles. The summed E-state index contributed by atoms with van der Waals surface area (Å²) in [7, 11) is 0. The first-order valence-corrected chi connectivity index (χ1v) is 12.8. The molecule has 0 spiro atoms. The van der Waals surface area contributed by atoms with Gasteiger partial charge in [-0.2, -0.15) is 0 Å². The van der Waals surface area contributed by atoms with Crippen LogP contribution < -0.4 is 0 Å². The Balaban J connectivity index is 1.42. The molecule has 6 aromatic rings. The molecule has 1 aromatic heterocycles. The summed E-state index contributed by atoms with van der Waals surface area (Å²) in [6.07, 6.45) is 2.87. The number of furan rings is 1. The summed E-state index contributed by atoms with van der Waals surface area (Å²) >= 11 is 0. The molecule has 7 rings (SSSR count). The molecule has 0 radical (unpaired) electrons. The summed E-state index contributed by atoms with van der Waals surface area (Å²) in [5.74, 6) is 0.711. The quantitative estimate of drug-likeness (QED) is 0.244. The number of hydrogen-bond donors (Lipinski definition) is 0. The van der Waals surface area contributed by atoms with Crippen LogP contribution in [-0.2, 0) is 0 Å². The third kappa shape index (κ3) is 4.04. The Morgan fingerprint density at radius 2 is 1.21 bits per heavy atom. The summed E-state index contributed by atoms with van der Waals surface area (Å²) in [6.45, 7) is 0. The summed E-state index contributed by atoms with van der Waals surface area (Å²) in [6, 6.07) is 43.6. The number of amidine groups is 1. The molecule has 1 aliphatic rings. The van der Waals surface area contributed by atoms with Crippen LogP contribution >= 0.6 is 0 Å². The first-order chi connectivity index (χ1) is 18.8. The Morgan fingerprint density at radius 1 is 0.526 bits per heavy atom. The van der Waals surface area contributed by atoms with Crippen molar-refractivity contribution in [3.8, 4) is 11.1 Å². The minimum Gasteiger partial charge on any atom is -0.456 e. The second-order valence-electron chi connectivity index (χ2n) is 9.38. The van der Waals surface area contributed by atoms with Gasteiger partial charge in [-0.15, -0.1) is 0 Å². The zero-order valence-electron chi connectivity index (χ0n) is 20.7. The Kier molecular flexibility index (Phi) is 5.52. The minimum atomic E-state index is 0.681. The molecule has 3 heteroatoms. The molecule has 0 amide bonds. The van der Waals surface area contributed by atoms with Crippen molar-refractivity contribution in [3.05, 3.63) is 150 Å². The average molecular weight is 489 g/mol. The van der Waals surface area contributed by atoms with Gasteiger partial charge in [0.2, 0.25) is 0 Å². The van der Waals surface area contributed by atoms with Crippen LogP contribution in [0.3, 0.4) is 0 Å². The maximum absolute atomic E-state index is 6.30. The molecule has 0 bridgehead atoms. The SMILES string of the molecule is C1=C(c2cccc3oc4ccc(-c5ccccc5)cc4c23)N=C(c2ccccc2)N=C(c2ccccc2)C1. The van der Waals surface area contributed by atoms with E-state index in [-0.39, 0.29) is 0 Å². The number of nitrogens with zero attached hydrogens (tertiary/aromatic N) is 2. The third-order valence-corrected chi connectivity index (χ3v) is 6.97. The largest absolute Gasteiger partial charge is 0.456 e. The second-order valence-corrected chi connectivity index (χ2v) is 9.38. The number of hydrogen-bond acceptors (Lipinski definition) is 3. The van der Waals surface area contributed by atoms with Crippen LogP contribution in [0.1, 0.15) is 23.1 Å². The van der Waals surface area contributed by atoms with E-state index in [9.17, 15) is 0 Å². The molecule has 0 atom stereocenters. The van der Waals surface area contributed by atoms with Crippen LogP contribution in [0.4, 0.5) is 0 Å². The van der Waals surface area contributed by atoms with E-state index in [0.717, 1.165) is 55.6 Å². The Hall–Kier alpha value is -5.02. The third-order valence-electron chi connectivity index (χ3n) is 6.97. The van der Waals surface area contributed by atoms with Gasteiger partial charge in [0.15, 0.2) is 5.84 Å². The molecular weight excluding hydrogens is 464 g/mol. The first kappa shape index (κ1) is 22.2. The van der Waals surface area contributed by atoms with Crippen molar-refractivity contribution >= 4 is 39.2 Å². The van der Waals surface area contributed by atoms with Crippen molar-refractivity contribution in [1.29, 1.82) is 0 Å². The summed E-state index contributed by atoms with van der Waals surface area (Å²) in [5, 5.41) is 2.16. The van der Waals surface area contributed by atoms with Gasteiger partial charge in [-0.05, 0) is 34.9 Å². The maximum Gasteiger partial charge on any atom is 0.160 e. The molecular formula is C35H24N2O. The molecule has 0 saturated carbocycles. The van der Waals surface area contributed by atoms with Gasteiger partial charge < -0.3 is 4.42 Å². The monoisotopic (exact) mass is 488 g/mol. The number of fused-ring (bicyclic) bond motifs is 3. The van der Waals surface area contributed by atoms with Gasteiger partial charge >= 0.3 is 0 Å². The summed E-state index contributed by atoms with van der Waals surface area (Å²) < 4.78 is 6.30. The van der Waals surface area contributed by atoms with Crippen molar-refractivity contribution in [3.63, 3.8) is 0 Å². The van der Waals surface area contributed by atoms with Crippen LogP contribution in [0.2, 0.25) is 0 Å². The lowest BCUT2D eigenvalue weighted by molar-refractivity contribution is 0.669. The summed E-state index contributed by atoms with van der Waals surface area (Å²) in [5.41, 5.74) is 9.11. The van der Waals surface area contributed by atoms with Gasteiger partial charge in [-0.3, -0.25) is 0 Å². The second kappa shape index (κ2) is 9.45. The van der Waals surface area contributed by atoms with Crippen molar-refractivity contribution in [2.24, 2.45) is 9.98 Å². The normalized spacial score (nSPS) is 13.6. The van der Waals surface area contributed by atoms with Crippen LogP contribution in [0.25, 0.3) is 38.8 Å². The lowest BCUT2D eigenvalue weighted by atomic mass is 9.99. The van der Waals surface area contributed by atoms with Crippen molar-refractivity contribution in [2.45, 2.75) is 6.42 Å². The fourth-order valence-electron chi connectivity index (χ4n) is 5.10. The Morgan fingerprint density at radius 3 is 1.95 bits per heavy atom. The predicted molar refractivity (Wildman–Crippen MR) is 158 cm³/mol.